The van der Waals surface area contributed by atoms with Gasteiger partial charge in [-0.15, -0.1) is 0 Å². The number of ether oxygens (including phenoxy) is 1. The number of benzene rings is 1. The topological polar surface area (TPSA) is 29.5 Å². The van der Waals surface area contributed by atoms with Crippen LogP contribution in [-0.4, -0.2) is 24.7 Å². The smallest absolute Gasteiger partial charge is 0.261 e. The van der Waals surface area contributed by atoms with Gasteiger partial charge in [0.2, 0.25) is 0 Å². The summed E-state index contributed by atoms with van der Waals surface area (Å²) in [5.41, 5.74) is 0.734. The Morgan fingerprint density at radius 2 is 2.06 bits per heavy atom. The summed E-state index contributed by atoms with van der Waals surface area (Å²) >= 11 is 5.80. The molecule has 0 radical (unpaired) electrons. The van der Waals surface area contributed by atoms with Crippen molar-refractivity contribution in [3.8, 4) is 0 Å². The Morgan fingerprint density at radius 3 is 2.67 bits per heavy atom. The number of aliphatic hydroxyl groups excluding tert-OH is 1. The van der Waals surface area contributed by atoms with Crippen LogP contribution in [0.1, 0.15) is 23.7 Å². The van der Waals surface area contributed by atoms with Crippen LogP contribution < -0.4 is 0 Å². The zero-order chi connectivity index (χ0) is 13.7. The highest BCUT2D eigenvalue weighted by molar-refractivity contribution is 6.31. The van der Waals surface area contributed by atoms with Crippen molar-refractivity contribution in [2.45, 2.75) is 25.9 Å². The van der Waals surface area contributed by atoms with Crippen LogP contribution in [-0.2, 0) is 4.74 Å². The fourth-order valence-corrected chi connectivity index (χ4v) is 1.73. The molecule has 0 bridgehead atoms. The van der Waals surface area contributed by atoms with E-state index in [4.69, 9.17) is 11.6 Å². The van der Waals surface area contributed by atoms with Crippen LogP contribution in [0.25, 0.3) is 0 Å². The third-order valence-electron chi connectivity index (χ3n) is 2.42. The molecule has 102 valence electrons. The molecule has 0 amide bonds. The van der Waals surface area contributed by atoms with E-state index in [1.54, 1.807) is 6.92 Å². The molecule has 1 aromatic carbocycles. The minimum Gasteiger partial charge on any atom is -0.388 e. The standard InChI is InChI=1S/C12H14ClF3O2/c1-7-4-8(9(13)5-10(7)14)11(17)2-3-18-6-12(15)16/h4-5,11-12,17H,2-3,6H2,1H3. The molecule has 1 unspecified atom stereocenters. The Hall–Kier alpha value is -0.780. The molecule has 1 atom stereocenters. The van der Waals surface area contributed by atoms with E-state index in [1.807, 2.05) is 0 Å². The zero-order valence-electron chi connectivity index (χ0n) is 9.80. The third-order valence-corrected chi connectivity index (χ3v) is 2.74. The molecule has 0 fully saturated rings. The molecule has 0 aliphatic rings. The van der Waals surface area contributed by atoms with Gasteiger partial charge in [-0.3, -0.25) is 0 Å². The van der Waals surface area contributed by atoms with Gasteiger partial charge >= 0.3 is 0 Å². The first-order chi connectivity index (χ1) is 8.41. The zero-order valence-corrected chi connectivity index (χ0v) is 10.6. The summed E-state index contributed by atoms with van der Waals surface area (Å²) in [5.74, 6) is -0.454. The molecule has 0 saturated carbocycles. The Morgan fingerprint density at radius 1 is 1.39 bits per heavy atom. The van der Waals surface area contributed by atoms with Gasteiger partial charge in [-0.1, -0.05) is 11.6 Å². The lowest BCUT2D eigenvalue weighted by Gasteiger charge is -2.14. The molecule has 1 rings (SSSR count). The van der Waals surface area contributed by atoms with Crippen molar-refractivity contribution in [1.82, 2.24) is 0 Å². The SMILES string of the molecule is Cc1cc(C(O)CCOCC(F)F)c(Cl)cc1F. The first-order valence-corrected chi connectivity index (χ1v) is 5.79. The first kappa shape index (κ1) is 15.3. The highest BCUT2D eigenvalue weighted by Crippen LogP contribution is 2.27. The van der Waals surface area contributed by atoms with Gasteiger partial charge in [0.1, 0.15) is 12.4 Å². The van der Waals surface area contributed by atoms with E-state index in [2.05, 4.69) is 4.74 Å². The average Bonchev–Trinajstić information content (AvgIpc) is 2.28. The maximum atomic E-state index is 13.1. The predicted octanol–water partition coefficient (Wildman–Crippen LogP) is 3.49. The molecule has 0 heterocycles. The summed E-state index contributed by atoms with van der Waals surface area (Å²) in [4.78, 5) is 0. The lowest BCUT2D eigenvalue weighted by atomic mass is 10.0. The Bertz CT molecular complexity index is 399. The Balaban J connectivity index is 2.56. The fraction of sp³-hybridized carbons (Fsp3) is 0.500. The Labute approximate surface area is 108 Å². The predicted molar refractivity (Wildman–Crippen MR) is 62.5 cm³/mol. The van der Waals surface area contributed by atoms with Gasteiger partial charge < -0.3 is 9.84 Å². The lowest BCUT2D eigenvalue weighted by Crippen LogP contribution is -2.09. The maximum absolute atomic E-state index is 13.1. The number of rotatable bonds is 6. The molecule has 18 heavy (non-hydrogen) atoms. The van der Waals surface area contributed by atoms with E-state index in [0.717, 1.165) is 6.07 Å². The number of halogens is 4. The van der Waals surface area contributed by atoms with Crippen molar-refractivity contribution in [3.63, 3.8) is 0 Å². The summed E-state index contributed by atoms with van der Waals surface area (Å²) in [6.07, 6.45) is -3.37. The van der Waals surface area contributed by atoms with Gasteiger partial charge in [0, 0.05) is 18.1 Å². The second kappa shape index (κ2) is 6.97. The van der Waals surface area contributed by atoms with Gasteiger partial charge in [-0.05, 0) is 30.2 Å². The number of alkyl halides is 2. The average molecular weight is 283 g/mol. The molecular formula is C12H14ClF3O2. The van der Waals surface area contributed by atoms with Crippen molar-refractivity contribution in [2.75, 3.05) is 13.2 Å². The Kier molecular flexibility index (Phi) is 5.91. The summed E-state index contributed by atoms with van der Waals surface area (Å²) in [7, 11) is 0. The monoisotopic (exact) mass is 282 g/mol. The molecule has 1 N–H and O–H groups in total. The van der Waals surface area contributed by atoms with Gasteiger partial charge in [-0.25, -0.2) is 13.2 Å². The summed E-state index contributed by atoms with van der Waals surface area (Å²) < 4.78 is 41.4. The number of aliphatic hydroxyl groups is 1. The van der Waals surface area contributed by atoms with Crippen molar-refractivity contribution in [2.24, 2.45) is 0 Å². The quantitative estimate of drug-likeness (QED) is 0.809. The second-order valence-electron chi connectivity index (χ2n) is 3.89. The molecule has 6 heteroatoms. The van der Waals surface area contributed by atoms with E-state index in [-0.39, 0.29) is 18.1 Å². The van der Waals surface area contributed by atoms with Gasteiger partial charge in [0.05, 0.1) is 6.10 Å². The summed E-state index contributed by atoms with van der Waals surface area (Å²) in [6.45, 7) is 0.871. The maximum Gasteiger partial charge on any atom is 0.261 e. The fourth-order valence-electron chi connectivity index (χ4n) is 1.46. The molecule has 2 nitrogen and oxygen atoms in total. The summed E-state index contributed by atoms with van der Waals surface area (Å²) in [5, 5.41) is 9.92. The molecular weight excluding hydrogens is 269 g/mol. The molecule has 0 saturated heterocycles. The molecule has 0 aliphatic carbocycles. The van der Waals surface area contributed by atoms with Crippen molar-refractivity contribution < 1.29 is 23.0 Å². The van der Waals surface area contributed by atoms with Crippen molar-refractivity contribution in [1.29, 1.82) is 0 Å². The minimum absolute atomic E-state index is 0.0156. The molecule has 0 spiro atoms. The molecule has 1 aromatic rings. The summed E-state index contributed by atoms with van der Waals surface area (Å²) in [6, 6.07) is 2.56. The normalized spacial score (nSPS) is 13.1. The number of hydrogen-bond acceptors (Lipinski definition) is 2. The van der Waals surface area contributed by atoms with Crippen LogP contribution >= 0.6 is 11.6 Å². The number of aryl methyl sites for hydroxylation is 1. The van der Waals surface area contributed by atoms with E-state index < -0.39 is 25.0 Å². The van der Waals surface area contributed by atoms with Crippen LogP contribution in [0.15, 0.2) is 12.1 Å². The van der Waals surface area contributed by atoms with Crippen LogP contribution in [0.2, 0.25) is 5.02 Å². The highest BCUT2D eigenvalue weighted by atomic mass is 35.5. The first-order valence-electron chi connectivity index (χ1n) is 5.41. The van der Waals surface area contributed by atoms with Gasteiger partial charge in [0.15, 0.2) is 0 Å². The van der Waals surface area contributed by atoms with E-state index >= 15 is 0 Å². The third kappa shape index (κ3) is 4.48. The van der Waals surface area contributed by atoms with Crippen LogP contribution in [0.4, 0.5) is 13.2 Å². The van der Waals surface area contributed by atoms with Crippen molar-refractivity contribution >= 4 is 11.6 Å². The van der Waals surface area contributed by atoms with Crippen LogP contribution in [0.3, 0.4) is 0 Å². The van der Waals surface area contributed by atoms with Crippen LogP contribution in [0, 0.1) is 12.7 Å². The van der Waals surface area contributed by atoms with E-state index in [0.29, 0.717) is 11.1 Å². The molecule has 0 aromatic heterocycles. The van der Waals surface area contributed by atoms with Crippen molar-refractivity contribution in [3.05, 3.63) is 34.1 Å². The minimum atomic E-state index is -2.53. The highest BCUT2D eigenvalue weighted by Gasteiger charge is 2.14. The van der Waals surface area contributed by atoms with E-state index in [9.17, 15) is 18.3 Å². The van der Waals surface area contributed by atoms with Crippen LogP contribution in [0.5, 0.6) is 0 Å². The van der Waals surface area contributed by atoms with Gasteiger partial charge in [-0.2, -0.15) is 0 Å². The molecule has 0 aliphatic heterocycles. The number of hydrogen-bond donors (Lipinski definition) is 1. The van der Waals surface area contributed by atoms with E-state index in [1.165, 1.54) is 6.07 Å². The second-order valence-corrected chi connectivity index (χ2v) is 4.30. The largest absolute Gasteiger partial charge is 0.388 e. The van der Waals surface area contributed by atoms with Gasteiger partial charge in [0.25, 0.3) is 6.43 Å². The lowest BCUT2D eigenvalue weighted by molar-refractivity contribution is 0.00481.